The van der Waals surface area contributed by atoms with Gasteiger partial charge >= 0.3 is 0 Å². The Bertz CT molecular complexity index is 376. The quantitative estimate of drug-likeness (QED) is 0.842. The highest BCUT2D eigenvalue weighted by atomic mass is 32.2. The Hall–Kier alpha value is -0.260. The van der Waals surface area contributed by atoms with Gasteiger partial charge in [0, 0.05) is 35.5 Å². The largest absolute Gasteiger partial charge is 0.346 e. The Balaban J connectivity index is 1.92. The van der Waals surface area contributed by atoms with Crippen LogP contribution in [0.4, 0.5) is 5.13 Å². The Kier molecular flexibility index (Phi) is 4.92. The second-order valence-electron chi connectivity index (χ2n) is 5.33. The lowest BCUT2D eigenvalue weighted by atomic mass is 10.2. The summed E-state index contributed by atoms with van der Waals surface area (Å²) in [4.78, 5) is 7.18. The van der Waals surface area contributed by atoms with Gasteiger partial charge in [0.2, 0.25) is 0 Å². The van der Waals surface area contributed by atoms with Gasteiger partial charge in [-0.2, -0.15) is 11.8 Å². The number of thiazole rings is 1. The maximum atomic E-state index is 4.74. The van der Waals surface area contributed by atoms with E-state index in [1.54, 1.807) is 11.3 Å². The van der Waals surface area contributed by atoms with Crippen LogP contribution in [0.3, 0.4) is 0 Å². The fourth-order valence-corrected chi connectivity index (χ4v) is 4.06. The van der Waals surface area contributed by atoms with E-state index >= 15 is 0 Å². The average molecular weight is 285 g/mol. The van der Waals surface area contributed by atoms with E-state index in [4.69, 9.17) is 4.98 Å². The molecule has 0 amide bonds. The van der Waals surface area contributed by atoms with Crippen LogP contribution in [0.15, 0.2) is 5.38 Å². The van der Waals surface area contributed by atoms with Crippen molar-refractivity contribution in [1.29, 1.82) is 0 Å². The fourth-order valence-electron chi connectivity index (χ4n) is 2.10. The summed E-state index contributed by atoms with van der Waals surface area (Å²) >= 11 is 3.85. The van der Waals surface area contributed by atoms with E-state index < -0.39 is 0 Å². The minimum Gasteiger partial charge on any atom is -0.346 e. The summed E-state index contributed by atoms with van der Waals surface area (Å²) in [7, 11) is 0. The molecule has 5 heteroatoms. The number of hydrogen-bond donors (Lipinski definition) is 1. The molecule has 0 spiro atoms. The summed E-state index contributed by atoms with van der Waals surface area (Å²) in [6.45, 7) is 11.0. The van der Waals surface area contributed by atoms with Crippen LogP contribution >= 0.6 is 23.1 Å². The first-order valence-electron chi connectivity index (χ1n) is 6.65. The number of anilines is 1. The molecule has 0 bridgehead atoms. The topological polar surface area (TPSA) is 28.2 Å². The van der Waals surface area contributed by atoms with Gasteiger partial charge < -0.3 is 10.2 Å². The smallest absolute Gasteiger partial charge is 0.185 e. The summed E-state index contributed by atoms with van der Waals surface area (Å²) in [5, 5.41) is 6.78. The van der Waals surface area contributed by atoms with Crippen LogP contribution in [0.25, 0.3) is 0 Å². The molecule has 0 aromatic carbocycles. The molecule has 1 aliphatic rings. The molecule has 1 aromatic heterocycles. The van der Waals surface area contributed by atoms with Crippen molar-refractivity contribution < 1.29 is 0 Å². The molecule has 18 heavy (non-hydrogen) atoms. The van der Waals surface area contributed by atoms with Crippen molar-refractivity contribution in [2.24, 2.45) is 0 Å². The van der Waals surface area contributed by atoms with Crippen LogP contribution in [-0.4, -0.2) is 35.1 Å². The number of thioether (sulfide) groups is 1. The van der Waals surface area contributed by atoms with Crippen LogP contribution in [0.1, 0.15) is 32.9 Å². The summed E-state index contributed by atoms with van der Waals surface area (Å²) < 4.78 is 0.352. The zero-order valence-corrected chi connectivity index (χ0v) is 13.2. The second-order valence-corrected chi connectivity index (χ2v) is 7.97. The van der Waals surface area contributed by atoms with Gasteiger partial charge in [-0.1, -0.05) is 6.92 Å². The molecule has 1 N–H and O–H groups in total. The molecule has 1 aromatic rings. The van der Waals surface area contributed by atoms with Gasteiger partial charge in [0.15, 0.2) is 5.13 Å². The SMILES string of the molecule is CCCNCc1csc(N2CCSC(C)(C)C2)n1. The molecule has 3 nitrogen and oxygen atoms in total. The van der Waals surface area contributed by atoms with E-state index in [0.29, 0.717) is 4.75 Å². The van der Waals surface area contributed by atoms with Gasteiger partial charge in [0.1, 0.15) is 0 Å². The highest BCUT2D eigenvalue weighted by Crippen LogP contribution is 2.33. The maximum Gasteiger partial charge on any atom is 0.185 e. The summed E-state index contributed by atoms with van der Waals surface area (Å²) in [6, 6.07) is 0. The van der Waals surface area contributed by atoms with Crippen molar-refractivity contribution in [3.05, 3.63) is 11.1 Å². The molecule has 2 heterocycles. The van der Waals surface area contributed by atoms with Crippen molar-refractivity contribution in [3.63, 3.8) is 0 Å². The number of rotatable bonds is 5. The maximum absolute atomic E-state index is 4.74. The molecule has 1 fully saturated rings. The lowest BCUT2D eigenvalue weighted by molar-refractivity contribution is 0.641. The highest BCUT2D eigenvalue weighted by molar-refractivity contribution is 8.00. The van der Waals surface area contributed by atoms with Crippen LogP contribution < -0.4 is 10.2 Å². The molecule has 0 radical (unpaired) electrons. The molecule has 0 unspecified atom stereocenters. The summed E-state index contributed by atoms with van der Waals surface area (Å²) in [5.41, 5.74) is 1.18. The Morgan fingerprint density at radius 1 is 1.50 bits per heavy atom. The van der Waals surface area contributed by atoms with Crippen molar-refractivity contribution >= 4 is 28.2 Å². The molecular formula is C13H23N3S2. The van der Waals surface area contributed by atoms with E-state index in [1.807, 2.05) is 0 Å². The van der Waals surface area contributed by atoms with Crippen molar-refractivity contribution in [2.75, 3.05) is 30.3 Å². The zero-order chi connectivity index (χ0) is 13.0. The summed E-state index contributed by atoms with van der Waals surface area (Å²) in [5.74, 6) is 1.20. The first-order chi connectivity index (χ1) is 8.61. The van der Waals surface area contributed by atoms with E-state index in [0.717, 1.165) is 26.2 Å². The van der Waals surface area contributed by atoms with Gasteiger partial charge in [-0.15, -0.1) is 11.3 Å². The van der Waals surface area contributed by atoms with Crippen molar-refractivity contribution in [1.82, 2.24) is 10.3 Å². The standard InChI is InChI=1S/C13H23N3S2/c1-4-5-14-8-11-9-17-12(15-11)16-6-7-18-13(2,3)10-16/h9,14H,4-8,10H2,1-3H3. The number of nitrogens with one attached hydrogen (secondary N) is 1. The van der Waals surface area contributed by atoms with E-state index in [9.17, 15) is 0 Å². The van der Waals surface area contributed by atoms with Gasteiger partial charge in [0.25, 0.3) is 0 Å². The normalized spacial score (nSPS) is 19.2. The first-order valence-corrected chi connectivity index (χ1v) is 8.51. The Labute approximate surface area is 118 Å². The van der Waals surface area contributed by atoms with Gasteiger partial charge in [-0.05, 0) is 26.8 Å². The minimum atomic E-state index is 0.352. The minimum absolute atomic E-state index is 0.352. The monoisotopic (exact) mass is 285 g/mol. The molecule has 1 saturated heterocycles. The fraction of sp³-hybridized carbons (Fsp3) is 0.769. The molecule has 0 saturated carbocycles. The number of hydrogen-bond acceptors (Lipinski definition) is 5. The van der Waals surface area contributed by atoms with Crippen molar-refractivity contribution in [2.45, 2.75) is 38.5 Å². The van der Waals surface area contributed by atoms with E-state index in [2.05, 4.69) is 48.1 Å². The van der Waals surface area contributed by atoms with E-state index in [1.165, 1.54) is 23.0 Å². The highest BCUT2D eigenvalue weighted by Gasteiger charge is 2.28. The number of aromatic nitrogens is 1. The molecular weight excluding hydrogens is 262 g/mol. The van der Waals surface area contributed by atoms with Crippen LogP contribution in [0.2, 0.25) is 0 Å². The van der Waals surface area contributed by atoms with E-state index in [-0.39, 0.29) is 0 Å². The molecule has 0 aliphatic carbocycles. The second kappa shape index (κ2) is 6.26. The zero-order valence-electron chi connectivity index (χ0n) is 11.5. The third-order valence-electron chi connectivity index (χ3n) is 2.97. The van der Waals surface area contributed by atoms with Crippen LogP contribution in [0, 0.1) is 0 Å². The lowest BCUT2D eigenvalue weighted by Crippen LogP contribution is -2.43. The Morgan fingerprint density at radius 3 is 3.06 bits per heavy atom. The predicted octanol–water partition coefficient (Wildman–Crippen LogP) is 2.97. The average Bonchev–Trinajstić information content (AvgIpc) is 2.77. The predicted molar refractivity (Wildman–Crippen MR) is 82.9 cm³/mol. The Morgan fingerprint density at radius 2 is 2.33 bits per heavy atom. The summed E-state index contributed by atoms with van der Waals surface area (Å²) in [6.07, 6.45) is 1.18. The van der Waals surface area contributed by atoms with Gasteiger partial charge in [-0.25, -0.2) is 4.98 Å². The number of nitrogens with zero attached hydrogens (tertiary/aromatic N) is 2. The van der Waals surface area contributed by atoms with Crippen molar-refractivity contribution in [3.8, 4) is 0 Å². The molecule has 0 atom stereocenters. The molecule has 102 valence electrons. The molecule has 2 rings (SSSR count). The van der Waals surface area contributed by atoms with Crippen LogP contribution in [-0.2, 0) is 6.54 Å². The van der Waals surface area contributed by atoms with Crippen LogP contribution in [0.5, 0.6) is 0 Å². The lowest BCUT2D eigenvalue weighted by Gasteiger charge is -2.37. The van der Waals surface area contributed by atoms with Gasteiger partial charge in [0.05, 0.1) is 5.69 Å². The first kappa shape index (κ1) is 14.2. The third-order valence-corrected chi connectivity index (χ3v) is 5.22. The molecule has 1 aliphatic heterocycles. The van der Waals surface area contributed by atoms with Gasteiger partial charge in [-0.3, -0.25) is 0 Å². The third kappa shape index (κ3) is 3.87.